The molecule has 0 aliphatic heterocycles. The quantitative estimate of drug-likeness (QED) is 0.0535. The van der Waals surface area contributed by atoms with Crippen LogP contribution in [0.5, 0.6) is 17.2 Å². The predicted molar refractivity (Wildman–Crippen MR) is 204 cm³/mol. The van der Waals surface area contributed by atoms with Crippen LogP contribution >= 0.6 is 0 Å². The molecule has 0 aromatic heterocycles. The molecule has 18 nitrogen and oxygen atoms in total. The Bertz CT molecular complexity index is 1720. The molecule has 63 heavy (non-hydrogen) atoms. The number of rotatable bonds is 18. The maximum Gasteiger partial charge on any atom is 1.00 e. The second-order valence-corrected chi connectivity index (χ2v) is 15.3. The average molecular weight is 913 g/mol. The molecule has 0 amide bonds. The molecule has 3 aromatic carbocycles. The van der Waals surface area contributed by atoms with Crippen molar-refractivity contribution in [3.05, 3.63) is 89.5 Å². The van der Waals surface area contributed by atoms with E-state index in [1.807, 2.05) is 0 Å². The van der Waals surface area contributed by atoms with Gasteiger partial charge in [0.15, 0.2) is 16.8 Å². The summed E-state index contributed by atoms with van der Waals surface area (Å²) in [6.07, 6.45) is -1.13. The van der Waals surface area contributed by atoms with E-state index in [4.69, 9.17) is 0 Å². The first-order valence-electron chi connectivity index (χ1n) is 18.4. The Balaban J connectivity index is -0.000000837. The second-order valence-electron chi connectivity index (χ2n) is 15.3. The normalized spacial score (nSPS) is 14.9. The van der Waals surface area contributed by atoms with Gasteiger partial charge in [0.25, 0.3) is 0 Å². The smallest absolute Gasteiger partial charge is 0.872 e. The van der Waals surface area contributed by atoms with Gasteiger partial charge >= 0.3 is 124 Å². The molecule has 0 bridgehead atoms. The summed E-state index contributed by atoms with van der Waals surface area (Å²) in [5.41, 5.74) is -6.11. The first-order valence-corrected chi connectivity index (χ1v) is 18.4. The molecule has 0 aliphatic rings. The molecule has 0 fully saturated rings. The Kier molecular flexibility index (Phi) is 28.4. The van der Waals surface area contributed by atoms with E-state index in [-0.39, 0.29) is 125 Å². The maximum absolute atomic E-state index is 11.4. The van der Waals surface area contributed by atoms with Crippen molar-refractivity contribution >= 4 is 35.8 Å². The second kappa shape index (κ2) is 27.9. The number of hydrogen-bond acceptors (Lipinski definition) is 12. The minimum absolute atomic E-state index is 0. The molecular formula is C42H51Na3O18. The van der Waals surface area contributed by atoms with Crippen LogP contribution in [-0.2, 0) is 48.0 Å². The fourth-order valence-electron chi connectivity index (χ4n) is 6.83. The zero-order valence-electron chi connectivity index (χ0n) is 36.7. The van der Waals surface area contributed by atoms with Gasteiger partial charge in [-0.1, -0.05) is 114 Å². The third-order valence-electron chi connectivity index (χ3n) is 9.64. The summed E-state index contributed by atoms with van der Waals surface area (Å²) in [5.74, 6) is -15.7. The van der Waals surface area contributed by atoms with E-state index in [9.17, 15) is 90.0 Å². The van der Waals surface area contributed by atoms with Gasteiger partial charge in [-0.15, -0.1) is 17.2 Å². The van der Waals surface area contributed by atoms with Crippen LogP contribution in [0.1, 0.15) is 58.2 Å². The van der Waals surface area contributed by atoms with E-state index in [2.05, 4.69) is 0 Å². The standard InChI is InChI=1S/3C14H18O6.3Na/c3*1-8(2)11(12(16)17)14(20,13(18)19)7-9-3-5-10(15)6-4-9;;;/h3*3-6,8,11,15,20H,7H2,1-2H3,(H,16,17)(H,18,19);;;/q;;;3*+1/p-3. The van der Waals surface area contributed by atoms with E-state index >= 15 is 0 Å². The monoisotopic (exact) mass is 912 g/mol. The molecule has 0 spiro atoms. The van der Waals surface area contributed by atoms with Crippen molar-refractivity contribution in [2.45, 2.75) is 77.6 Å². The molecule has 3 aromatic rings. The third-order valence-corrected chi connectivity index (χ3v) is 9.64. The zero-order chi connectivity index (χ0) is 46.5. The van der Waals surface area contributed by atoms with E-state index in [0.717, 1.165) is 0 Å². The Hall–Kier alpha value is -3.24. The van der Waals surface area contributed by atoms with Crippen molar-refractivity contribution in [1.82, 2.24) is 0 Å². The Morgan fingerprint density at radius 3 is 0.667 bits per heavy atom. The predicted octanol–water partition coefficient (Wildman–Crippen LogP) is -7.56. The van der Waals surface area contributed by atoms with E-state index in [0.29, 0.717) is 16.7 Å². The van der Waals surface area contributed by atoms with E-state index < -0.39 is 88.1 Å². The largest absolute Gasteiger partial charge is 1.00 e. The molecular weight excluding hydrogens is 861 g/mol. The number of hydrogen-bond donors (Lipinski definition) is 9. The van der Waals surface area contributed by atoms with Crippen LogP contribution in [0.2, 0.25) is 0 Å². The molecule has 0 saturated carbocycles. The van der Waals surface area contributed by atoms with Gasteiger partial charge in [-0.2, -0.15) is 0 Å². The zero-order valence-corrected chi connectivity index (χ0v) is 42.7. The first-order chi connectivity index (χ1) is 27.5. The topological polar surface area (TPSA) is 354 Å². The number of carbonyl (C=O) groups is 6. The van der Waals surface area contributed by atoms with Gasteiger partial charge in [-0.25, -0.2) is 14.4 Å². The Labute approximate surface area is 430 Å². The molecule has 9 N–H and O–H groups in total. The van der Waals surface area contributed by atoms with Crippen LogP contribution < -0.4 is 104 Å². The van der Waals surface area contributed by atoms with Gasteiger partial charge in [-0.3, -0.25) is 14.4 Å². The van der Waals surface area contributed by atoms with Crippen LogP contribution in [0.3, 0.4) is 0 Å². The van der Waals surface area contributed by atoms with Crippen molar-refractivity contribution in [3.8, 4) is 17.2 Å². The van der Waals surface area contributed by atoms with Gasteiger partial charge in [0, 0.05) is 19.3 Å². The summed E-state index contributed by atoms with van der Waals surface area (Å²) in [7, 11) is 0. The van der Waals surface area contributed by atoms with E-state index in [1.54, 1.807) is 0 Å². The van der Waals surface area contributed by atoms with Crippen LogP contribution in [0.4, 0.5) is 0 Å². The summed E-state index contributed by atoms with van der Waals surface area (Å²) in [6, 6.07) is 15.7. The van der Waals surface area contributed by atoms with Gasteiger partial charge in [0.05, 0.1) is 17.8 Å². The first kappa shape index (κ1) is 64.0. The molecule has 330 valence electrons. The molecule has 3 rings (SSSR count). The summed E-state index contributed by atoms with van der Waals surface area (Å²) in [6.45, 7) is 9.21. The van der Waals surface area contributed by atoms with Crippen molar-refractivity contribution in [1.29, 1.82) is 0 Å². The molecule has 6 atom stereocenters. The van der Waals surface area contributed by atoms with Gasteiger partial charge in [0.1, 0.15) is 0 Å². The number of aliphatic hydroxyl groups is 3. The summed E-state index contributed by atoms with van der Waals surface area (Å²) < 4.78 is 0. The van der Waals surface area contributed by atoms with Crippen LogP contribution in [-0.4, -0.2) is 98.6 Å². The molecule has 0 radical (unpaired) electrons. The average Bonchev–Trinajstić information content (AvgIpc) is 3.10. The SMILES string of the molecule is CC(C)C(C(=O)O)C(O)(Cc1ccc([O-])cc1)C(=O)O.CC(C)C(C(=O)O)C(O)(Cc1ccc([O-])cc1)C(=O)O.CC(C)C(C(=O)O)C(O)(Cc1ccc([O-])cc1)C(=O)O.[Na+].[Na+].[Na+]. The summed E-state index contributed by atoms with van der Waals surface area (Å²) in [4.78, 5) is 67.9. The van der Waals surface area contributed by atoms with Crippen LogP contribution in [0, 0.1) is 35.5 Å². The van der Waals surface area contributed by atoms with Crippen molar-refractivity contribution in [2.24, 2.45) is 35.5 Å². The minimum Gasteiger partial charge on any atom is -0.872 e. The molecule has 0 heterocycles. The molecule has 6 unspecified atom stereocenters. The fraction of sp³-hybridized carbons (Fsp3) is 0.429. The van der Waals surface area contributed by atoms with Crippen molar-refractivity contribution in [2.75, 3.05) is 0 Å². The number of aliphatic carboxylic acids is 6. The molecule has 0 aliphatic carbocycles. The Morgan fingerprint density at radius 1 is 0.397 bits per heavy atom. The van der Waals surface area contributed by atoms with Crippen LogP contribution in [0.25, 0.3) is 0 Å². The van der Waals surface area contributed by atoms with E-state index in [1.165, 1.54) is 114 Å². The summed E-state index contributed by atoms with van der Waals surface area (Å²) in [5, 5.41) is 119. The number of carboxylic acids is 6. The van der Waals surface area contributed by atoms with Gasteiger partial charge < -0.3 is 61.3 Å². The fourth-order valence-corrected chi connectivity index (χ4v) is 6.83. The van der Waals surface area contributed by atoms with Gasteiger partial charge in [-0.05, 0) is 34.4 Å². The maximum atomic E-state index is 11.4. The number of benzene rings is 3. The van der Waals surface area contributed by atoms with Crippen molar-refractivity contribution < 1.29 is 179 Å². The molecule has 0 saturated heterocycles. The van der Waals surface area contributed by atoms with Gasteiger partial charge in [0.2, 0.25) is 0 Å². The third kappa shape index (κ3) is 18.3. The van der Waals surface area contributed by atoms with Crippen molar-refractivity contribution in [3.63, 3.8) is 0 Å². The number of carboxylic acid groups (broad SMARTS) is 6. The summed E-state index contributed by atoms with van der Waals surface area (Å²) >= 11 is 0. The van der Waals surface area contributed by atoms with Crippen LogP contribution in [0.15, 0.2) is 72.8 Å². The Morgan fingerprint density at radius 2 is 0.556 bits per heavy atom. The minimum atomic E-state index is -2.43. The molecule has 21 heteroatoms.